The second kappa shape index (κ2) is 20.7. The summed E-state index contributed by atoms with van der Waals surface area (Å²) in [5.74, 6) is 1.41. The SMILES string of the molecule is Cc1ccc([CH-]CC(C)CCc2cccc(CCC(C)C[CH-]c3ccc(C)cc3)c2)cc1.[Li+].[Li+].[Li+].[Li+]. The monoisotopic (exact) mass is 452 g/mol. The number of rotatable bonds is 12. The molecule has 2 unspecified atom stereocenters. The molecule has 0 aliphatic carbocycles. The van der Waals surface area contributed by atoms with Crippen LogP contribution in [0.5, 0.6) is 0 Å². The Morgan fingerprint density at radius 2 is 0.917 bits per heavy atom. The molecular weight excluding hydrogens is 412 g/mol. The third-order valence-electron chi connectivity index (χ3n) is 6.51. The molecule has 0 N–H and O–H groups in total. The van der Waals surface area contributed by atoms with Crippen molar-refractivity contribution in [2.24, 2.45) is 11.8 Å². The van der Waals surface area contributed by atoms with E-state index in [9.17, 15) is 0 Å². The van der Waals surface area contributed by atoms with Gasteiger partial charge in [-0.15, -0.1) is 24.3 Å². The first-order chi connectivity index (χ1) is 15.5. The third kappa shape index (κ3) is 14.7. The zero-order valence-electron chi connectivity index (χ0n) is 24.5. The van der Waals surface area contributed by atoms with Crippen molar-refractivity contribution in [3.05, 3.63) is 119 Å². The fraction of sp³-hybridized carbons (Fsp3) is 0.375. The van der Waals surface area contributed by atoms with Crippen molar-refractivity contribution in [1.82, 2.24) is 0 Å². The van der Waals surface area contributed by atoms with Gasteiger partial charge in [0.05, 0.1) is 0 Å². The summed E-state index contributed by atoms with van der Waals surface area (Å²) in [6.07, 6.45) is 11.9. The maximum Gasteiger partial charge on any atom is 1.00 e. The topological polar surface area (TPSA) is 0 Å². The largest absolute Gasteiger partial charge is 1.00 e. The van der Waals surface area contributed by atoms with E-state index in [-0.39, 0.29) is 75.4 Å². The van der Waals surface area contributed by atoms with Gasteiger partial charge < -0.3 is 0 Å². The minimum atomic E-state index is 0. The first-order valence-corrected chi connectivity index (χ1v) is 12.4. The Hall–Kier alpha value is -0.210. The van der Waals surface area contributed by atoms with Gasteiger partial charge >= 0.3 is 75.4 Å². The van der Waals surface area contributed by atoms with Crippen LogP contribution in [0, 0.1) is 38.5 Å². The fourth-order valence-corrected chi connectivity index (χ4v) is 4.08. The van der Waals surface area contributed by atoms with E-state index in [0.717, 1.165) is 12.8 Å². The van der Waals surface area contributed by atoms with Gasteiger partial charge in [0.15, 0.2) is 0 Å². The van der Waals surface area contributed by atoms with E-state index >= 15 is 0 Å². The Kier molecular flexibility index (Phi) is 21.8. The summed E-state index contributed by atoms with van der Waals surface area (Å²) in [5.41, 5.74) is 8.33. The third-order valence-corrected chi connectivity index (χ3v) is 6.51. The Morgan fingerprint density at radius 3 is 1.28 bits per heavy atom. The molecule has 3 aromatic carbocycles. The zero-order valence-corrected chi connectivity index (χ0v) is 24.5. The van der Waals surface area contributed by atoms with E-state index in [2.05, 4.69) is 113 Å². The molecule has 36 heavy (non-hydrogen) atoms. The van der Waals surface area contributed by atoms with Crippen molar-refractivity contribution >= 4 is 0 Å². The van der Waals surface area contributed by atoms with Crippen molar-refractivity contribution in [3.8, 4) is 0 Å². The number of hydrogen-bond acceptors (Lipinski definition) is 0. The van der Waals surface area contributed by atoms with Gasteiger partial charge in [-0.25, -0.2) is 0 Å². The summed E-state index contributed by atoms with van der Waals surface area (Å²) in [5, 5.41) is 0. The molecule has 0 saturated heterocycles. The van der Waals surface area contributed by atoms with Gasteiger partial charge in [-0.2, -0.15) is 48.2 Å². The molecule has 4 heteroatoms. The van der Waals surface area contributed by atoms with Crippen molar-refractivity contribution < 1.29 is 75.4 Å². The molecule has 0 saturated carbocycles. The minimum absolute atomic E-state index is 0. The molecule has 2 atom stereocenters. The normalized spacial score (nSPS) is 11.4. The van der Waals surface area contributed by atoms with Crippen LogP contribution in [0.15, 0.2) is 72.8 Å². The van der Waals surface area contributed by atoms with Gasteiger partial charge in [0.2, 0.25) is 0 Å². The maximum atomic E-state index is 2.44. The molecule has 3 rings (SSSR count). The summed E-state index contributed by atoms with van der Waals surface area (Å²) in [7, 11) is 0. The molecule has 0 radical (unpaired) electrons. The maximum absolute atomic E-state index is 2.44. The van der Waals surface area contributed by atoms with Gasteiger partial charge in [-0.1, -0.05) is 73.9 Å². The van der Waals surface area contributed by atoms with Crippen LogP contribution < -0.4 is 75.4 Å². The molecule has 170 valence electrons. The van der Waals surface area contributed by atoms with Crippen LogP contribution in [0.3, 0.4) is 0 Å². The van der Waals surface area contributed by atoms with E-state index in [0.29, 0.717) is 11.8 Å². The van der Waals surface area contributed by atoms with Gasteiger partial charge in [-0.3, -0.25) is 0 Å². The Labute approximate surface area is 270 Å². The summed E-state index contributed by atoms with van der Waals surface area (Å²) in [4.78, 5) is 0. The van der Waals surface area contributed by atoms with E-state index < -0.39 is 0 Å². The van der Waals surface area contributed by atoms with Crippen LogP contribution in [0.25, 0.3) is 0 Å². The first-order valence-electron chi connectivity index (χ1n) is 12.4. The molecule has 0 aromatic heterocycles. The van der Waals surface area contributed by atoms with Crippen LogP contribution >= 0.6 is 0 Å². The van der Waals surface area contributed by atoms with E-state index in [1.807, 2.05) is 0 Å². The van der Waals surface area contributed by atoms with Crippen LogP contribution in [0.1, 0.15) is 72.9 Å². The van der Waals surface area contributed by atoms with Gasteiger partial charge in [-0.05, 0) is 50.7 Å². The van der Waals surface area contributed by atoms with Crippen LogP contribution in [0.2, 0.25) is 0 Å². The molecule has 0 bridgehead atoms. The molecule has 0 fully saturated rings. The van der Waals surface area contributed by atoms with E-state index in [4.69, 9.17) is 0 Å². The van der Waals surface area contributed by atoms with Crippen molar-refractivity contribution in [2.75, 3.05) is 0 Å². The molecule has 0 amide bonds. The zero-order chi connectivity index (χ0) is 22.8. The molecular formula is C32H40Li4+2. The summed E-state index contributed by atoms with van der Waals surface area (Å²) in [6, 6.07) is 27.0. The number of hydrogen-bond donors (Lipinski definition) is 0. The number of benzene rings is 3. The Bertz CT molecular complexity index is 860. The standard InChI is InChI=1S/C32H40.4Li/c1-25-8-16-29(17-9-25)20-12-27(3)14-22-31-6-5-7-32(24-31)23-15-28(4)13-21-30-18-10-26(2)11-19-30;;;;/h5-11,16-21,24,27-28H,12-15,22-23H2,1-4H3;;;;/q-2;4*+1. The van der Waals surface area contributed by atoms with Crippen molar-refractivity contribution in [3.63, 3.8) is 0 Å². The quantitative estimate of drug-likeness (QED) is 0.200. The van der Waals surface area contributed by atoms with Crippen molar-refractivity contribution in [2.45, 2.75) is 66.2 Å². The fourth-order valence-electron chi connectivity index (χ4n) is 4.08. The summed E-state index contributed by atoms with van der Waals surface area (Å²) < 4.78 is 0. The smallest absolute Gasteiger partial charge is 0.192 e. The minimum Gasteiger partial charge on any atom is -0.192 e. The summed E-state index contributed by atoms with van der Waals surface area (Å²) >= 11 is 0. The Morgan fingerprint density at radius 1 is 0.556 bits per heavy atom. The van der Waals surface area contributed by atoms with Crippen LogP contribution in [0.4, 0.5) is 0 Å². The van der Waals surface area contributed by atoms with Gasteiger partial charge in [0.1, 0.15) is 0 Å². The molecule has 0 aliphatic heterocycles. The molecule has 0 nitrogen and oxygen atoms in total. The number of aryl methyl sites for hydroxylation is 4. The second-order valence-electron chi connectivity index (χ2n) is 9.81. The summed E-state index contributed by atoms with van der Waals surface area (Å²) in [6.45, 7) is 9.04. The van der Waals surface area contributed by atoms with E-state index in [1.54, 1.807) is 0 Å². The molecule has 0 spiro atoms. The Balaban J connectivity index is 0. The predicted molar refractivity (Wildman–Crippen MR) is 140 cm³/mol. The van der Waals surface area contributed by atoms with E-state index in [1.165, 1.54) is 59.1 Å². The van der Waals surface area contributed by atoms with Crippen molar-refractivity contribution in [1.29, 1.82) is 0 Å². The second-order valence-corrected chi connectivity index (χ2v) is 9.81. The molecule has 3 aromatic rings. The van der Waals surface area contributed by atoms with Crippen LogP contribution in [-0.4, -0.2) is 0 Å². The predicted octanol–water partition coefficient (Wildman–Crippen LogP) is -3.26. The first kappa shape index (κ1) is 37.9. The van der Waals surface area contributed by atoms with Gasteiger partial charge in [0, 0.05) is 0 Å². The van der Waals surface area contributed by atoms with Gasteiger partial charge in [0.25, 0.3) is 0 Å². The van der Waals surface area contributed by atoms with Crippen LogP contribution in [-0.2, 0) is 12.8 Å². The molecule has 0 aliphatic rings. The average molecular weight is 452 g/mol. The average Bonchev–Trinajstić information content (AvgIpc) is 2.81. The molecule has 0 heterocycles.